The maximum atomic E-state index is 11.7. The van der Waals surface area contributed by atoms with Gasteiger partial charge in [-0.3, -0.25) is 10.1 Å². The maximum Gasteiger partial charge on any atom is 0.343 e. The summed E-state index contributed by atoms with van der Waals surface area (Å²) in [7, 11) is 2.64. The van der Waals surface area contributed by atoms with Crippen LogP contribution in [0.4, 0.5) is 4.79 Å². The summed E-state index contributed by atoms with van der Waals surface area (Å²) in [6.45, 7) is -0.303. The van der Waals surface area contributed by atoms with E-state index in [9.17, 15) is 14.4 Å². The molecule has 0 saturated carbocycles. The van der Waals surface area contributed by atoms with E-state index in [2.05, 4.69) is 4.74 Å². The van der Waals surface area contributed by atoms with Crippen LogP contribution < -0.4 is 20.5 Å². The SMILES string of the molecule is COC(=O)COc1c(I)cc(/C=C(/C#N)C(=O)NC(N)=O)cc1OC. The van der Waals surface area contributed by atoms with Crippen molar-refractivity contribution >= 4 is 46.6 Å². The Balaban J connectivity index is 3.18. The maximum absolute atomic E-state index is 11.7. The first-order chi connectivity index (χ1) is 11.8. The van der Waals surface area contributed by atoms with E-state index in [1.807, 2.05) is 27.9 Å². The minimum atomic E-state index is -1.06. The van der Waals surface area contributed by atoms with Gasteiger partial charge in [0.25, 0.3) is 5.91 Å². The molecule has 0 aromatic heterocycles. The van der Waals surface area contributed by atoms with Gasteiger partial charge in [-0.25, -0.2) is 9.59 Å². The highest BCUT2D eigenvalue weighted by Crippen LogP contribution is 2.34. The molecule has 0 fully saturated rings. The van der Waals surface area contributed by atoms with Crippen LogP contribution in [-0.2, 0) is 14.3 Å². The van der Waals surface area contributed by atoms with Crippen LogP contribution in [0.1, 0.15) is 5.56 Å². The third-order valence-electron chi connectivity index (χ3n) is 2.73. The zero-order chi connectivity index (χ0) is 19.0. The largest absolute Gasteiger partial charge is 0.493 e. The standard InChI is InChI=1S/C15H14IN3O6/c1-23-11-5-8(3-9(6-17)14(21)19-15(18)22)4-10(16)13(11)25-7-12(20)24-2/h3-5H,7H2,1-2H3,(H3,18,19,21,22)/b9-3-. The van der Waals surface area contributed by atoms with Gasteiger partial charge in [-0.15, -0.1) is 0 Å². The summed E-state index contributed by atoms with van der Waals surface area (Å²) in [6, 6.07) is 3.72. The van der Waals surface area contributed by atoms with Crippen LogP contribution in [0.5, 0.6) is 11.5 Å². The predicted octanol–water partition coefficient (Wildman–Crippen LogP) is 0.953. The van der Waals surface area contributed by atoms with Gasteiger partial charge in [0.15, 0.2) is 18.1 Å². The number of hydrogen-bond acceptors (Lipinski definition) is 7. The Morgan fingerprint density at radius 3 is 2.56 bits per heavy atom. The third-order valence-corrected chi connectivity index (χ3v) is 3.53. The van der Waals surface area contributed by atoms with Gasteiger partial charge < -0.3 is 19.9 Å². The number of imide groups is 1. The van der Waals surface area contributed by atoms with Crippen molar-refractivity contribution in [1.29, 1.82) is 5.26 Å². The molecule has 1 aromatic rings. The summed E-state index contributed by atoms with van der Waals surface area (Å²) >= 11 is 1.95. The molecule has 9 nitrogen and oxygen atoms in total. The number of urea groups is 1. The van der Waals surface area contributed by atoms with Crippen molar-refractivity contribution in [3.05, 3.63) is 26.8 Å². The number of nitrogens with zero attached hydrogens (tertiary/aromatic N) is 1. The van der Waals surface area contributed by atoms with Crippen LogP contribution in [0.25, 0.3) is 6.08 Å². The monoisotopic (exact) mass is 459 g/mol. The molecule has 0 aliphatic rings. The topological polar surface area (TPSA) is 141 Å². The third kappa shape index (κ3) is 5.96. The Morgan fingerprint density at radius 2 is 2.04 bits per heavy atom. The van der Waals surface area contributed by atoms with Gasteiger partial charge in [-0.1, -0.05) is 0 Å². The van der Waals surface area contributed by atoms with E-state index in [0.29, 0.717) is 14.9 Å². The number of nitriles is 1. The minimum absolute atomic E-state index is 0.287. The van der Waals surface area contributed by atoms with Gasteiger partial charge in [0.2, 0.25) is 0 Å². The molecule has 132 valence electrons. The number of ether oxygens (including phenoxy) is 3. The number of amides is 3. The van der Waals surface area contributed by atoms with Crippen molar-refractivity contribution in [2.24, 2.45) is 5.73 Å². The fourth-order valence-corrected chi connectivity index (χ4v) is 2.43. The number of rotatable bonds is 6. The van der Waals surface area contributed by atoms with E-state index in [0.717, 1.165) is 0 Å². The lowest BCUT2D eigenvalue weighted by Crippen LogP contribution is -2.35. The van der Waals surface area contributed by atoms with Crippen LogP contribution in [0.2, 0.25) is 0 Å². The Hall–Kier alpha value is -2.81. The number of halogens is 1. The van der Waals surface area contributed by atoms with Gasteiger partial charge in [0, 0.05) is 0 Å². The van der Waals surface area contributed by atoms with Crippen molar-refractivity contribution in [2.45, 2.75) is 0 Å². The van der Waals surface area contributed by atoms with Crippen LogP contribution >= 0.6 is 22.6 Å². The van der Waals surface area contributed by atoms with Crippen LogP contribution in [0.3, 0.4) is 0 Å². The summed E-state index contributed by atoms with van der Waals surface area (Å²) < 4.78 is 15.6. The van der Waals surface area contributed by atoms with Crippen molar-refractivity contribution in [3.8, 4) is 17.6 Å². The molecule has 3 amide bonds. The van der Waals surface area contributed by atoms with E-state index in [4.69, 9.17) is 20.5 Å². The normalized spacial score (nSPS) is 10.4. The minimum Gasteiger partial charge on any atom is -0.493 e. The van der Waals surface area contributed by atoms with Crippen LogP contribution in [0.15, 0.2) is 17.7 Å². The van der Waals surface area contributed by atoms with Crippen molar-refractivity contribution in [3.63, 3.8) is 0 Å². The Kier molecular flexibility index (Phi) is 7.67. The number of hydrogen-bond donors (Lipinski definition) is 2. The average molecular weight is 459 g/mol. The molecule has 25 heavy (non-hydrogen) atoms. The highest BCUT2D eigenvalue weighted by molar-refractivity contribution is 14.1. The van der Waals surface area contributed by atoms with Gasteiger partial charge in [0.05, 0.1) is 17.8 Å². The quantitative estimate of drug-likeness (QED) is 0.279. The second kappa shape index (κ2) is 9.48. The Bertz CT molecular complexity index is 769. The average Bonchev–Trinajstić information content (AvgIpc) is 2.56. The molecule has 0 saturated heterocycles. The lowest BCUT2D eigenvalue weighted by Gasteiger charge is -2.13. The molecule has 0 aliphatic heterocycles. The van der Waals surface area contributed by atoms with Gasteiger partial charge in [-0.2, -0.15) is 5.26 Å². The number of methoxy groups -OCH3 is 2. The molecular formula is C15H14IN3O6. The van der Waals surface area contributed by atoms with Crippen LogP contribution in [0, 0.1) is 14.9 Å². The molecule has 1 aromatic carbocycles. The first-order valence-electron chi connectivity index (χ1n) is 6.62. The fourth-order valence-electron chi connectivity index (χ4n) is 1.65. The lowest BCUT2D eigenvalue weighted by atomic mass is 10.1. The number of carbonyl (C=O) groups is 3. The molecule has 0 radical (unpaired) electrons. The molecule has 0 aliphatic carbocycles. The number of esters is 1. The lowest BCUT2D eigenvalue weighted by molar-refractivity contribution is -0.143. The molecule has 0 spiro atoms. The van der Waals surface area contributed by atoms with Gasteiger partial charge in [-0.05, 0) is 46.4 Å². The van der Waals surface area contributed by atoms with Gasteiger partial charge >= 0.3 is 12.0 Å². The van der Waals surface area contributed by atoms with E-state index in [-0.39, 0.29) is 17.9 Å². The summed E-state index contributed by atoms with van der Waals surface area (Å²) in [4.78, 5) is 33.6. The first-order valence-corrected chi connectivity index (χ1v) is 7.70. The predicted molar refractivity (Wildman–Crippen MR) is 94.5 cm³/mol. The van der Waals surface area contributed by atoms with E-state index >= 15 is 0 Å². The fraction of sp³-hybridized carbons (Fsp3) is 0.200. The van der Waals surface area contributed by atoms with E-state index in [1.54, 1.807) is 12.1 Å². The molecule has 10 heteroatoms. The van der Waals surface area contributed by atoms with E-state index in [1.165, 1.54) is 26.4 Å². The summed E-state index contributed by atoms with van der Waals surface area (Å²) in [6.07, 6.45) is 1.26. The highest BCUT2D eigenvalue weighted by atomic mass is 127. The molecule has 0 heterocycles. The molecule has 0 bridgehead atoms. The summed E-state index contributed by atoms with van der Waals surface area (Å²) in [5.74, 6) is -0.882. The Labute approximate surface area is 156 Å². The van der Waals surface area contributed by atoms with Crippen molar-refractivity contribution in [2.75, 3.05) is 20.8 Å². The number of primary amides is 1. The number of nitrogens with one attached hydrogen (secondary N) is 1. The Morgan fingerprint density at radius 1 is 1.36 bits per heavy atom. The first kappa shape index (κ1) is 20.2. The van der Waals surface area contributed by atoms with Crippen LogP contribution in [-0.4, -0.2) is 38.7 Å². The molecule has 0 unspecified atom stereocenters. The van der Waals surface area contributed by atoms with E-state index < -0.39 is 17.9 Å². The summed E-state index contributed by atoms with van der Waals surface area (Å²) in [5.41, 5.74) is 4.98. The number of nitrogens with two attached hydrogens (primary N) is 1. The molecule has 0 atom stereocenters. The van der Waals surface area contributed by atoms with Crippen molar-refractivity contribution in [1.82, 2.24) is 5.32 Å². The summed E-state index contributed by atoms with van der Waals surface area (Å²) in [5, 5.41) is 10.9. The highest BCUT2D eigenvalue weighted by Gasteiger charge is 2.15. The second-order valence-corrected chi connectivity index (χ2v) is 5.55. The van der Waals surface area contributed by atoms with Crippen molar-refractivity contribution < 1.29 is 28.6 Å². The number of benzene rings is 1. The molecule has 3 N–H and O–H groups in total. The zero-order valence-electron chi connectivity index (χ0n) is 13.3. The molecular weight excluding hydrogens is 445 g/mol. The second-order valence-electron chi connectivity index (χ2n) is 4.39. The molecule has 1 rings (SSSR count). The zero-order valence-corrected chi connectivity index (χ0v) is 15.4. The number of carbonyl (C=O) groups excluding carboxylic acids is 3. The van der Waals surface area contributed by atoms with Gasteiger partial charge in [0.1, 0.15) is 11.6 Å². The smallest absolute Gasteiger partial charge is 0.343 e.